The summed E-state index contributed by atoms with van der Waals surface area (Å²) in [5.74, 6) is 0.521. The van der Waals surface area contributed by atoms with Gasteiger partial charge in [-0.3, -0.25) is 9.36 Å². The Morgan fingerprint density at radius 1 is 1.33 bits per heavy atom. The number of alkyl halides is 3. The first kappa shape index (κ1) is 17.3. The Kier molecular flexibility index (Phi) is 5.62. The first-order valence-electron chi connectivity index (χ1n) is 5.88. The van der Waals surface area contributed by atoms with E-state index in [0.717, 1.165) is 6.07 Å². The number of nitrogens with one attached hydrogen (secondary N) is 1. The van der Waals surface area contributed by atoms with Crippen LogP contribution in [0.3, 0.4) is 0 Å². The van der Waals surface area contributed by atoms with E-state index in [9.17, 15) is 13.2 Å². The number of aliphatic hydroxyl groups excluding tert-OH is 1. The maximum Gasteiger partial charge on any atom is 0.435 e. The lowest BCUT2D eigenvalue weighted by atomic mass is 10.3. The highest BCUT2D eigenvalue weighted by Crippen LogP contribution is 2.28. The van der Waals surface area contributed by atoms with Gasteiger partial charge < -0.3 is 10.4 Å². The van der Waals surface area contributed by atoms with Crippen molar-refractivity contribution in [2.75, 3.05) is 11.9 Å². The Labute approximate surface area is 125 Å². The van der Waals surface area contributed by atoms with E-state index in [1.165, 1.54) is 16.4 Å². The van der Waals surface area contributed by atoms with Crippen LogP contribution in [0.1, 0.15) is 11.4 Å². The summed E-state index contributed by atoms with van der Waals surface area (Å²) in [5.41, 5.74) is -0.517. The van der Waals surface area contributed by atoms with Crippen LogP contribution in [0.25, 0.3) is 0 Å². The van der Waals surface area contributed by atoms with Crippen molar-refractivity contribution in [1.82, 2.24) is 19.6 Å². The van der Waals surface area contributed by atoms with Gasteiger partial charge in [0.25, 0.3) is 0 Å². The summed E-state index contributed by atoms with van der Waals surface area (Å²) in [6.07, 6.45) is -2.78. The number of nitrogens with zero attached hydrogens (tertiary/aromatic N) is 4. The van der Waals surface area contributed by atoms with Crippen molar-refractivity contribution >= 4 is 18.2 Å². The van der Waals surface area contributed by atoms with Crippen LogP contribution in [0.2, 0.25) is 0 Å². The predicted molar refractivity (Wildman–Crippen MR) is 72.1 cm³/mol. The molecule has 0 radical (unpaired) electrons. The fourth-order valence-corrected chi connectivity index (χ4v) is 1.67. The Hall–Kier alpha value is -1.74. The van der Waals surface area contributed by atoms with Crippen molar-refractivity contribution in [2.24, 2.45) is 7.05 Å². The van der Waals surface area contributed by atoms with E-state index in [0.29, 0.717) is 18.1 Å². The van der Waals surface area contributed by atoms with Crippen molar-refractivity contribution in [1.29, 1.82) is 0 Å². The molecule has 0 spiro atoms. The molecule has 0 unspecified atom stereocenters. The number of hydrogen-bond acceptors (Lipinski definition) is 4. The summed E-state index contributed by atoms with van der Waals surface area (Å²) in [6.45, 7) is 0.513. The van der Waals surface area contributed by atoms with Gasteiger partial charge in [-0.1, -0.05) is 0 Å². The number of aromatic nitrogens is 4. The van der Waals surface area contributed by atoms with E-state index in [2.05, 4.69) is 15.5 Å². The molecule has 2 N–H and O–H groups in total. The van der Waals surface area contributed by atoms with Crippen LogP contribution < -0.4 is 5.32 Å². The molecule has 0 saturated carbocycles. The first-order valence-corrected chi connectivity index (χ1v) is 5.88. The Bertz CT molecular complexity index is 581. The third-order valence-electron chi connectivity index (χ3n) is 2.69. The molecular formula is C11H15ClF3N5O. The molecule has 0 amide bonds. The van der Waals surface area contributed by atoms with E-state index in [-0.39, 0.29) is 25.6 Å². The van der Waals surface area contributed by atoms with Gasteiger partial charge in [0.2, 0.25) is 0 Å². The molecule has 0 aliphatic carbocycles. The molecule has 6 nitrogen and oxygen atoms in total. The quantitative estimate of drug-likeness (QED) is 0.877. The summed E-state index contributed by atoms with van der Waals surface area (Å²) < 4.78 is 40.2. The van der Waals surface area contributed by atoms with Crippen LogP contribution in [0.4, 0.5) is 19.0 Å². The van der Waals surface area contributed by atoms with Crippen LogP contribution in [-0.2, 0) is 26.3 Å². The molecule has 0 aliphatic heterocycles. The second-order valence-electron chi connectivity index (χ2n) is 4.18. The Balaban J connectivity index is 0.00000220. The molecule has 0 aliphatic rings. The van der Waals surface area contributed by atoms with Gasteiger partial charge in [-0.2, -0.15) is 23.4 Å². The summed E-state index contributed by atoms with van der Waals surface area (Å²) in [6, 6.07) is 2.68. The first-order chi connectivity index (χ1) is 9.40. The van der Waals surface area contributed by atoms with Gasteiger partial charge in [0.15, 0.2) is 5.69 Å². The summed E-state index contributed by atoms with van der Waals surface area (Å²) in [7, 11) is 1.45. The second kappa shape index (κ2) is 6.81. The zero-order chi connectivity index (χ0) is 14.8. The largest absolute Gasteiger partial charge is 0.435 e. The summed E-state index contributed by atoms with van der Waals surface area (Å²) >= 11 is 0. The summed E-state index contributed by atoms with van der Waals surface area (Å²) in [5, 5.41) is 19.2. The van der Waals surface area contributed by atoms with E-state index in [1.807, 2.05) is 0 Å². The van der Waals surface area contributed by atoms with E-state index in [1.54, 1.807) is 12.3 Å². The average Bonchev–Trinajstić information content (AvgIpc) is 2.93. The number of hydrogen-bond donors (Lipinski definition) is 2. The Morgan fingerprint density at radius 2 is 2.05 bits per heavy atom. The molecule has 0 fully saturated rings. The van der Waals surface area contributed by atoms with Crippen molar-refractivity contribution in [2.45, 2.75) is 19.3 Å². The Morgan fingerprint density at radius 3 is 2.62 bits per heavy atom. The lowest BCUT2D eigenvalue weighted by Gasteiger charge is -2.03. The van der Waals surface area contributed by atoms with Gasteiger partial charge in [0.1, 0.15) is 5.82 Å². The standard InChI is InChI=1S/C11H14F3N5O.ClH/c1-18-8(6-9(16-18)11(12,13)14)7-15-10-2-3-19(17-10)4-5-20;/h2-3,6,20H,4-5,7H2,1H3,(H,15,17);1H. The number of halogens is 4. The fourth-order valence-electron chi connectivity index (χ4n) is 1.67. The molecule has 10 heteroatoms. The van der Waals surface area contributed by atoms with Crippen molar-refractivity contribution in [3.63, 3.8) is 0 Å². The maximum absolute atomic E-state index is 12.5. The maximum atomic E-state index is 12.5. The van der Waals surface area contributed by atoms with E-state index < -0.39 is 11.9 Å². The van der Waals surface area contributed by atoms with Gasteiger partial charge in [-0.05, 0) is 6.07 Å². The minimum Gasteiger partial charge on any atom is -0.394 e. The fraction of sp³-hybridized carbons (Fsp3) is 0.455. The zero-order valence-electron chi connectivity index (χ0n) is 11.1. The molecule has 2 rings (SSSR count). The third-order valence-corrected chi connectivity index (χ3v) is 2.69. The number of anilines is 1. The molecule has 0 aromatic carbocycles. The molecule has 21 heavy (non-hydrogen) atoms. The van der Waals surface area contributed by atoms with Crippen LogP contribution >= 0.6 is 12.4 Å². The SMILES string of the molecule is Cl.Cn1nc(C(F)(F)F)cc1CNc1ccn(CCO)n1. The molecule has 118 valence electrons. The number of rotatable bonds is 5. The lowest BCUT2D eigenvalue weighted by Crippen LogP contribution is -2.08. The highest BCUT2D eigenvalue weighted by atomic mass is 35.5. The molecule has 2 heterocycles. The van der Waals surface area contributed by atoms with Gasteiger partial charge in [0.05, 0.1) is 25.4 Å². The summed E-state index contributed by atoms with van der Waals surface area (Å²) in [4.78, 5) is 0. The third kappa shape index (κ3) is 4.36. The van der Waals surface area contributed by atoms with Crippen molar-refractivity contribution in [3.8, 4) is 0 Å². The highest BCUT2D eigenvalue weighted by Gasteiger charge is 2.34. The van der Waals surface area contributed by atoms with Gasteiger partial charge >= 0.3 is 6.18 Å². The molecule has 0 saturated heterocycles. The van der Waals surface area contributed by atoms with Crippen LogP contribution in [0.5, 0.6) is 0 Å². The van der Waals surface area contributed by atoms with Crippen LogP contribution in [-0.4, -0.2) is 31.3 Å². The molecule has 0 atom stereocenters. The molecule has 0 bridgehead atoms. The van der Waals surface area contributed by atoms with Crippen molar-refractivity contribution in [3.05, 3.63) is 29.7 Å². The molecular weight excluding hydrogens is 311 g/mol. The predicted octanol–water partition coefficient (Wildman–Crippen LogP) is 1.66. The molecule has 2 aromatic rings. The lowest BCUT2D eigenvalue weighted by molar-refractivity contribution is -0.141. The normalized spacial score (nSPS) is 11.3. The van der Waals surface area contributed by atoms with Gasteiger partial charge in [-0.25, -0.2) is 0 Å². The highest BCUT2D eigenvalue weighted by molar-refractivity contribution is 5.85. The second-order valence-corrected chi connectivity index (χ2v) is 4.18. The molecule has 2 aromatic heterocycles. The van der Waals surface area contributed by atoms with Gasteiger partial charge in [-0.15, -0.1) is 12.4 Å². The topological polar surface area (TPSA) is 67.9 Å². The van der Waals surface area contributed by atoms with Crippen LogP contribution in [0.15, 0.2) is 18.3 Å². The van der Waals surface area contributed by atoms with Crippen molar-refractivity contribution < 1.29 is 18.3 Å². The van der Waals surface area contributed by atoms with E-state index in [4.69, 9.17) is 5.11 Å². The minimum absolute atomic E-state index is 0. The monoisotopic (exact) mass is 325 g/mol. The van der Waals surface area contributed by atoms with Crippen LogP contribution in [0, 0.1) is 0 Å². The zero-order valence-corrected chi connectivity index (χ0v) is 11.9. The van der Waals surface area contributed by atoms with Gasteiger partial charge in [0, 0.05) is 19.3 Å². The average molecular weight is 326 g/mol. The number of aryl methyl sites for hydroxylation is 1. The smallest absolute Gasteiger partial charge is 0.394 e. The number of aliphatic hydroxyl groups is 1. The minimum atomic E-state index is -4.45. The van der Waals surface area contributed by atoms with E-state index >= 15 is 0 Å².